The van der Waals surface area contributed by atoms with Crippen molar-refractivity contribution in [3.05, 3.63) is 111 Å². The Labute approximate surface area is 223 Å². The first kappa shape index (κ1) is 25.6. The molecule has 0 unspecified atom stereocenters. The van der Waals surface area contributed by atoms with Gasteiger partial charge in [0.2, 0.25) is 0 Å². The van der Waals surface area contributed by atoms with Gasteiger partial charge in [-0.25, -0.2) is 4.79 Å². The molecule has 3 aromatic rings. The number of hydrogen-bond donors (Lipinski definition) is 1. The number of alkyl halides is 1. The highest BCUT2D eigenvalue weighted by molar-refractivity contribution is 6.01. The van der Waals surface area contributed by atoms with Crippen LogP contribution in [-0.2, 0) is 6.42 Å². The number of aromatic carboxylic acids is 1. The average Bonchev–Trinajstić information content (AvgIpc) is 3.09. The van der Waals surface area contributed by atoms with Gasteiger partial charge in [-0.05, 0) is 107 Å². The minimum Gasteiger partial charge on any atom is -0.478 e. The van der Waals surface area contributed by atoms with Crippen LogP contribution in [0.15, 0.2) is 66.2 Å². The normalized spacial score (nSPS) is 15.3. The van der Waals surface area contributed by atoms with E-state index >= 15 is 0 Å². The molecule has 0 radical (unpaired) electrons. The molecule has 1 saturated heterocycles. The zero-order valence-corrected chi connectivity index (χ0v) is 21.6. The number of rotatable bonds is 7. The summed E-state index contributed by atoms with van der Waals surface area (Å²) in [6.07, 6.45) is 5.39. The smallest absolute Gasteiger partial charge is 0.335 e. The lowest BCUT2D eigenvalue weighted by molar-refractivity contribution is 0.0696. The first-order valence-electron chi connectivity index (χ1n) is 13.2. The van der Waals surface area contributed by atoms with Crippen LogP contribution in [0.4, 0.5) is 4.39 Å². The van der Waals surface area contributed by atoms with Gasteiger partial charge in [-0.15, -0.1) is 0 Å². The number of aryl methyl sites for hydroxylation is 2. The van der Waals surface area contributed by atoms with E-state index in [9.17, 15) is 19.6 Å². The average molecular weight is 507 g/mol. The molecule has 1 heterocycles. The quantitative estimate of drug-likeness (QED) is 0.378. The van der Waals surface area contributed by atoms with Crippen LogP contribution in [0.2, 0.25) is 0 Å². The molecule has 1 aliphatic heterocycles. The number of halogens is 1. The van der Waals surface area contributed by atoms with Crippen molar-refractivity contribution < 1.29 is 14.3 Å². The van der Waals surface area contributed by atoms with E-state index in [4.69, 9.17) is 0 Å². The van der Waals surface area contributed by atoms with Crippen LogP contribution < -0.4 is 0 Å². The maximum Gasteiger partial charge on any atom is 0.335 e. The van der Waals surface area contributed by atoms with Crippen molar-refractivity contribution >= 4 is 23.2 Å². The fourth-order valence-corrected chi connectivity index (χ4v) is 5.63. The van der Waals surface area contributed by atoms with Gasteiger partial charge in [0.1, 0.15) is 0 Å². The fourth-order valence-electron chi connectivity index (χ4n) is 5.63. The van der Waals surface area contributed by atoms with Crippen LogP contribution in [0.5, 0.6) is 0 Å². The number of carbonyl (C=O) groups is 1. The highest BCUT2D eigenvalue weighted by atomic mass is 19.1. The molecule has 5 heteroatoms. The van der Waals surface area contributed by atoms with Crippen LogP contribution >= 0.6 is 0 Å². The lowest BCUT2D eigenvalue weighted by atomic mass is 9.85. The molecule has 38 heavy (non-hydrogen) atoms. The second-order valence-electron chi connectivity index (χ2n) is 10.2. The first-order chi connectivity index (χ1) is 18.5. The summed E-state index contributed by atoms with van der Waals surface area (Å²) in [5, 5.41) is 18.9. The van der Waals surface area contributed by atoms with E-state index in [0.717, 1.165) is 77.9 Å². The lowest BCUT2D eigenvalue weighted by Crippen LogP contribution is -2.40. The predicted molar refractivity (Wildman–Crippen MR) is 150 cm³/mol. The summed E-state index contributed by atoms with van der Waals surface area (Å²) in [4.78, 5) is 13.9. The lowest BCUT2D eigenvalue weighted by Gasteiger charge is -2.33. The van der Waals surface area contributed by atoms with Crippen molar-refractivity contribution in [1.29, 1.82) is 5.26 Å². The largest absolute Gasteiger partial charge is 0.478 e. The van der Waals surface area contributed by atoms with Crippen LogP contribution in [-0.4, -0.2) is 42.3 Å². The fraction of sp³-hybridized carbons (Fsp3) is 0.273. The zero-order valence-electron chi connectivity index (χ0n) is 21.6. The van der Waals surface area contributed by atoms with Gasteiger partial charge in [0.15, 0.2) is 0 Å². The van der Waals surface area contributed by atoms with Gasteiger partial charge < -0.3 is 5.11 Å². The maximum atomic E-state index is 12.4. The number of carboxylic acid groups (broad SMARTS) is 1. The number of hydrogen-bond acceptors (Lipinski definition) is 3. The van der Waals surface area contributed by atoms with Crippen LogP contribution in [0.1, 0.15) is 68.6 Å². The molecule has 1 fully saturated rings. The second-order valence-corrected chi connectivity index (χ2v) is 10.2. The standard InChI is InChI=1S/C33H31FN2O2/c1-22-16-24(19-35)8-12-29(22)31-5-2-4-27-18-28(33(37)38)11-13-30(27)32(31)26-9-6-23(7-10-26)17-25-20-36(21-25)15-3-14-34/h6-13,16-18H,2-5,14-15,20-21H2,1H3,(H,37,38). The van der Waals surface area contributed by atoms with Crippen molar-refractivity contribution in [3.63, 3.8) is 0 Å². The number of nitrogens with zero attached hydrogens (tertiary/aromatic N) is 2. The van der Waals surface area contributed by atoms with E-state index in [1.807, 2.05) is 37.3 Å². The third kappa shape index (κ3) is 5.32. The minimum absolute atomic E-state index is 0.266. The Bertz CT molecular complexity index is 1470. The monoisotopic (exact) mass is 506 g/mol. The molecule has 0 amide bonds. The van der Waals surface area contributed by atoms with Crippen molar-refractivity contribution in [1.82, 2.24) is 4.90 Å². The maximum absolute atomic E-state index is 12.4. The van der Waals surface area contributed by atoms with Gasteiger partial charge in [-0.3, -0.25) is 9.29 Å². The summed E-state index contributed by atoms with van der Waals surface area (Å²) in [6, 6.07) is 22.1. The van der Waals surface area contributed by atoms with Crippen molar-refractivity contribution in [3.8, 4) is 6.07 Å². The summed E-state index contributed by atoms with van der Waals surface area (Å²) in [6.45, 7) is 4.38. The molecule has 3 aromatic carbocycles. The molecule has 0 bridgehead atoms. The molecular formula is C33H31FN2O2. The van der Waals surface area contributed by atoms with Crippen LogP contribution in [0, 0.1) is 18.3 Å². The van der Waals surface area contributed by atoms with E-state index in [-0.39, 0.29) is 6.67 Å². The third-order valence-corrected chi connectivity index (χ3v) is 7.51. The van der Waals surface area contributed by atoms with Gasteiger partial charge in [0.25, 0.3) is 0 Å². The highest BCUT2D eigenvalue weighted by Crippen LogP contribution is 2.41. The number of allylic oxidation sites excluding steroid dienone is 1. The van der Waals surface area contributed by atoms with Crippen LogP contribution in [0.3, 0.4) is 0 Å². The topological polar surface area (TPSA) is 64.3 Å². The van der Waals surface area contributed by atoms with E-state index in [1.165, 1.54) is 11.1 Å². The van der Waals surface area contributed by atoms with Crippen molar-refractivity contribution in [2.24, 2.45) is 0 Å². The minimum atomic E-state index is -0.914. The Balaban J connectivity index is 1.56. The molecule has 1 aliphatic carbocycles. The Morgan fingerprint density at radius 1 is 1.05 bits per heavy atom. The SMILES string of the molecule is Cc1cc(C#N)ccc1C1=C(c2ccc(C=C3CN(CCCF)C3)cc2)c2ccc(C(=O)O)cc2CCC1. The summed E-state index contributed by atoms with van der Waals surface area (Å²) in [5.41, 5.74) is 11.2. The molecular weight excluding hydrogens is 475 g/mol. The van der Waals surface area contributed by atoms with Gasteiger partial charge >= 0.3 is 5.97 Å². The molecule has 0 aromatic heterocycles. The number of likely N-dealkylation sites (tertiary alicyclic amines) is 1. The molecule has 4 nitrogen and oxygen atoms in total. The molecule has 192 valence electrons. The molecule has 0 saturated carbocycles. The number of fused-ring (bicyclic) bond motifs is 1. The van der Waals surface area contributed by atoms with E-state index < -0.39 is 5.97 Å². The molecule has 0 atom stereocenters. The van der Waals surface area contributed by atoms with Crippen LogP contribution in [0.25, 0.3) is 17.2 Å². The molecule has 0 spiro atoms. The predicted octanol–water partition coefficient (Wildman–Crippen LogP) is 6.92. The zero-order chi connectivity index (χ0) is 26.6. The number of carboxylic acids is 1. The molecule has 2 aliphatic rings. The molecule has 1 N–H and O–H groups in total. The second kappa shape index (κ2) is 11.2. The number of benzene rings is 3. The van der Waals surface area contributed by atoms with E-state index in [1.54, 1.807) is 6.07 Å². The summed E-state index contributed by atoms with van der Waals surface area (Å²) in [7, 11) is 0. The Hall–Kier alpha value is -4.01. The summed E-state index contributed by atoms with van der Waals surface area (Å²) < 4.78 is 12.4. The van der Waals surface area contributed by atoms with Gasteiger partial charge in [0, 0.05) is 19.6 Å². The van der Waals surface area contributed by atoms with Gasteiger partial charge in [-0.2, -0.15) is 5.26 Å². The van der Waals surface area contributed by atoms with E-state index in [2.05, 4.69) is 41.3 Å². The van der Waals surface area contributed by atoms with Gasteiger partial charge in [-0.1, -0.05) is 42.5 Å². The summed E-state index contributed by atoms with van der Waals surface area (Å²) in [5.74, 6) is -0.914. The highest BCUT2D eigenvalue weighted by Gasteiger charge is 2.23. The van der Waals surface area contributed by atoms with Crippen molar-refractivity contribution in [2.45, 2.75) is 32.6 Å². The third-order valence-electron chi connectivity index (χ3n) is 7.51. The Kier molecular flexibility index (Phi) is 7.53. The van der Waals surface area contributed by atoms with Gasteiger partial charge in [0.05, 0.1) is 23.9 Å². The Morgan fingerprint density at radius 3 is 2.50 bits per heavy atom. The Morgan fingerprint density at radius 2 is 1.82 bits per heavy atom. The van der Waals surface area contributed by atoms with E-state index in [0.29, 0.717) is 17.5 Å². The molecule has 5 rings (SSSR count). The first-order valence-corrected chi connectivity index (χ1v) is 13.2. The van der Waals surface area contributed by atoms with Crippen molar-refractivity contribution in [2.75, 3.05) is 26.3 Å². The number of nitriles is 1. The summed E-state index contributed by atoms with van der Waals surface area (Å²) >= 11 is 0.